The van der Waals surface area contributed by atoms with Gasteiger partial charge in [-0.2, -0.15) is 13.2 Å². The number of anilines is 1. The van der Waals surface area contributed by atoms with Crippen molar-refractivity contribution < 1.29 is 17.6 Å². The Bertz CT molecular complexity index is 655. The number of aromatic nitrogens is 2. The zero-order valence-corrected chi connectivity index (χ0v) is 12.2. The predicted octanol–water partition coefficient (Wildman–Crippen LogP) is 3.83. The molecule has 2 rings (SSSR count). The topological polar surface area (TPSA) is 29.0 Å². The Labute approximate surface area is 125 Å². The van der Waals surface area contributed by atoms with E-state index in [0.29, 0.717) is 6.42 Å². The summed E-state index contributed by atoms with van der Waals surface area (Å²) in [6.45, 7) is 1.64. The van der Waals surface area contributed by atoms with Crippen LogP contribution >= 0.6 is 0 Å². The molecule has 0 aliphatic rings. The minimum atomic E-state index is -4.45. The van der Waals surface area contributed by atoms with Gasteiger partial charge in [0, 0.05) is 13.6 Å². The first-order chi connectivity index (χ1) is 10.3. The zero-order chi connectivity index (χ0) is 16.3. The molecule has 0 fully saturated rings. The van der Waals surface area contributed by atoms with Gasteiger partial charge in [0.1, 0.15) is 6.33 Å². The zero-order valence-electron chi connectivity index (χ0n) is 12.2. The van der Waals surface area contributed by atoms with Crippen LogP contribution in [0.1, 0.15) is 23.7 Å². The molecule has 118 valence electrons. The van der Waals surface area contributed by atoms with Crippen molar-refractivity contribution in [2.75, 3.05) is 11.9 Å². The van der Waals surface area contributed by atoms with E-state index in [0.717, 1.165) is 6.07 Å². The molecule has 0 radical (unpaired) electrons. The van der Waals surface area contributed by atoms with E-state index in [9.17, 15) is 17.6 Å². The molecule has 1 heterocycles. The van der Waals surface area contributed by atoms with Gasteiger partial charge in [-0.05, 0) is 18.1 Å². The van der Waals surface area contributed by atoms with Gasteiger partial charge in [-0.15, -0.1) is 0 Å². The molecule has 0 N–H and O–H groups in total. The first-order valence-corrected chi connectivity index (χ1v) is 6.70. The Morgan fingerprint density at radius 3 is 2.45 bits per heavy atom. The summed E-state index contributed by atoms with van der Waals surface area (Å²) in [5.41, 5.74) is -0.429. The molecule has 2 aromatic rings. The molecule has 0 aliphatic carbocycles. The Hall–Kier alpha value is -2.18. The first-order valence-electron chi connectivity index (χ1n) is 6.70. The number of alkyl halides is 3. The fraction of sp³-hybridized carbons (Fsp3) is 0.333. The number of aryl methyl sites for hydroxylation is 1. The van der Waals surface area contributed by atoms with Gasteiger partial charge in [0.2, 0.25) is 0 Å². The molecule has 0 saturated heterocycles. The molecule has 1 aromatic carbocycles. The van der Waals surface area contributed by atoms with Crippen LogP contribution in [0.4, 0.5) is 23.4 Å². The van der Waals surface area contributed by atoms with E-state index in [1.165, 1.54) is 36.5 Å². The lowest BCUT2D eigenvalue weighted by Crippen LogP contribution is -2.22. The average molecular weight is 313 g/mol. The smallest absolute Gasteiger partial charge is 0.353 e. The fourth-order valence-electron chi connectivity index (χ4n) is 2.17. The Morgan fingerprint density at radius 1 is 1.14 bits per heavy atom. The van der Waals surface area contributed by atoms with Gasteiger partial charge in [0.25, 0.3) is 0 Å². The van der Waals surface area contributed by atoms with Crippen molar-refractivity contribution in [2.24, 2.45) is 0 Å². The summed E-state index contributed by atoms with van der Waals surface area (Å²) < 4.78 is 53.1. The molecule has 7 heteroatoms. The molecule has 1 aromatic heterocycles. The van der Waals surface area contributed by atoms with Crippen LogP contribution in [0, 0.1) is 5.82 Å². The summed E-state index contributed by atoms with van der Waals surface area (Å²) >= 11 is 0. The highest BCUT2D eigenvalue weighted by molar-refractivity contribution is 5.42. The first kappa shape index (κ1) is 16.2. The molecule has 0 aliphatic heterocycles. The maximum atomic E-state index is 14.2. The number of hydrogen-bond acceptors (Lipinski definition) is 3. The van der Waals surface area contributed by atoms with Gasteiger partial charge >= 0.3 is 6.18 Å². The van der Waals surface area contributed by atoms with Crippen LogP contribution < -0.4 is 4.90 Å². The number of halogens is 4. The van der Waals surface area contributed by atoms with E-state index in [-0.39, 0.29) is 23.6 Å². The maximum absolute atomic E-state index is 14.2. The summed E-state index contributed by atoms with van der Waals surface area (Å²) in [7, 11) is 1.50. The summed E-state index contributed by atoms with van der Waals surface area (Å²) in [6.07, 6.45) is -2.85. The van der Waals surface area contributed by atoms with E-state index >= 15 is 0 Å². The predicted molar refractivity (Wildman–Crippen MR) is 74.9 cm³/mol. The second-order valence-corrected chi connectivity index (χ2v) is 4.82. The van der Waals surface area contributed by atoms with E-state index < -0.39 is 17.6 Å². The van der Waals surface area contributed by atoms with Gasteiger partial charge in [0.15, 0.2) is 11.6 Å². The van der Waals surface area contributed by atoms with Gasteiger partial charge in [-0.3, -0.25) is 0 Å². The molecule has 0 saturated carbocycles. The molecular weight excluding hydrogens is 298 g/mol. The Kier molecular flexibility index (Phi) is 4.63. The van der Waals surface area contributed by atoms with Gasteiger partial charge in [-0.1, -0.05) is 25.1 Å². The highest BCUT2D eigenvalue weighted by Gasteiger charge is 2.33. The molecular formula is C15H15F4N3. The average Bonchev–Trinajstić information content (AvgIpc) is 2.46. The summed E-state index contributed by atoms with van der Waals surface area (Å²) in [5, 5.41) is 0. The Morgan fingerprint density at radius 2 is 1.82 bits per heavy atom. The molecule has 0 bridgehead atoms. The van der Waals surface area contributed by atoms with Crippen LogP contribution in [0.25, 0.3) is 0 Å². The van der Waals surface area contributed by atoms with Crippen molar-refractivity contribution in [1.29, 1.82) is 0 Å². The van der Waals surface area contributed by atoms with Crippen LogP contribution in [0.2, 0.25) is 0 Å². The third-order valence-corrected chi connectivity index (χ3v) is 3.27. The second kappa shape index (κ2) is 6.29. The maximum Gasteiger partial charge on any atom is 0.416 e. The molecule has 0 amide bonds. The molecule has 22 heavy (non-hydrogen) atoms. The lowest BCUT2D eigenvalue weighted by atomic mass is 10.1. The van der Waals surface area contributed by atoms with E-state index in [1.54, 1.807) is 6.92 Å². The van der Waals surface area contributed by atoms with Crippen molar-refractivity contribution in [3.63, 3.8) is 0 Å². The van der Waals surface area contributed by atoms with Crippen LogP contribution in [-0.4, -0.2) is 17.0 Å². The fourth-order valence-corrected chi connectivity index (χ4v) is 2.17. The molecule has 0 spiro atoms. The lowest BCUT2D eigenvalue weighted by molar-refractivity contribution is -0.138. The quantitative estimate of drug-likeness (QED) is 0.803. The number of nitrogens with zero attached hydrogens (tertiary/aromatic N) is 3. The van der Waals surface area contributed by atoms with Crippen molar-refractivity contribution in [2.45, 2.75) is 26.1 Å². The van der Waals surface area contributed by atoms with Crippen LogP contribution in [-0.2, 0) is 19.1 Å². The third-order valence-electron chi connectivity index (χ3n) is 3.27. The molecule has 3 nitrogen and oxygen atoms in total. The number of hydrogen-bond donors (Lipinski definition) is 0. The molecule has 0 atom stereocenters. The lowest BCUT2D eigenvalue weighted by Gasteiger charge is -2.21. The van der Waals surface area contributed by atoms with Crippen LogP contribution in [0.15, 0.2) is 30.6 Å². The van der Waals surface area contributed by atoms with Crippen LogP contribution in [0.3, 0.4) is 0 Å². The number of benzene rings is 1. The largest absolute Gasteiger partial charge is 0.416 e. The SMILES string of the molecule is CCc1ncnc(N(C)Cc2ccccc2C(F)(F)F)c1F. The normalized spacial score (nSPS) is 11.5. The monoisotopic (exact) mass is 313 g/mol. The van der Waals surface area contributed by atoms with E-state index in [4.69, 9.17) is 0 Å². The Balaban J connectivity index is 2.33. The second-order valence-electron chi connectivity index (χ2n) is 4.82. The summed E-state index contributed by atoms with van der Waals surface area (Å²) in [4.78, 5) is 8.99. The van der Waals surface area contributed by atoms with Gasteiger partial charge in [0.05, 0.1) is 11.3 Å². The molecule has 0 unspecified atom stereocenters. The standard InChI is InChI=1S/C15H15F4N3/c1-3-12-13(16)14(21-9-20-12)22(2)8-10-6-4-5-7-11(10)15(17,18)19/h4-7,9H,3,8H2,1-2H3. The third kappa shape index (κ3) is 3.35. The van der Waals surface area contributed by atoms with E-state index in [2.05, 4.69) is 9.97 Å². The van der Waals surface area contributed by atoms with Gasteiger partial charge < -0.3 is 4.90 Å². The number of rotatable bonds is 4. The van der Waals surface area contributed by atoms with Crippen LogP contribution in [0.5, 0.6) is 0 Å². The van der Waals surface area contributed by atoms with Crippen molar-refractivity contribution in [3.05, 3.63) is 53.2 Å². The minimum Gasteiger partial charge on any atom is -0.353 e. The van der Waals surface area contributed by atoms with Gasteiger partial charge in [-0.25, -0.2) is 14.4 Å². The highest BCUT2D eigenvalue weighted by Crippen LogP contribution is 2.32. The van der Waals surface area contributed by atoms with Crippen molar-refractivity contribution in [1.82, 2.24) is 9.97 Å². The van der Waals surface area contributed by atoms with Crippen molar-refractivity contribution in [3.8, 4) is 0 Å². The summed E-state index contributed by atoms with van der Waals surface area (Å²) in [5.74, 6) is -0.610. The summed E-state index contributed by atoms with van der Waals surface area (Å²) in [6, 6.07) is 5.23. The van der Waals surface area contributed by atoms with Crippen molar-refractivity contribution >= 4 is 5.82 Å². The highest BCUT2D eigenvalue weighted by atomic mass is 19.4. The minimum absolute atomic E-state index is 0.0103. The van der Waals surface area contributed by atoms with E-state index in [1.807, 2.05) is 0 Å².